The van der Waals surface area contributed by atoms with E-state index < -0.39 is 0 Å². The second kappa shape index (κ2) is 6.89. The molecule has 0 amide bonds. The largest absolute Gasteiger partial charge is 0.386 e. The quantitative estimate of drug-likeness (QED) is 0.778. The highest BCUT2D eigenvalue weighted by atomic mass is 32.1. The molecular weight excluding hydrogens is 266 g/mol. The van der Waals surface area contributed by atoms with Crippen LogP contribution in [-0.2, 0) is 0 Å². The molecule has 1 aliphatic rings. The van der Waals surface area contributed by atoms with Crippen LogP contribution in [0.2, 0.25) is 0 Å². The number of Topliss-reactive ketones (excluding diaryl/α,β-unsaturated/α-hetero) is 1. The first-order valence-electron chi connectivity index (χ1n) is 7.27. The molecule has 20 heavy (non-hydrogen) atoms. The second-order valence-electron chi connectivity index (χ2n) is 5.85. The van der Waals surface area contributed by atoms with Gasteiger partial charge in [0.2, 0.25) is 0 Å². The summed E-state index contributed by atoms with van der Waals surface area (Å²) in [6, 6.07) is 4.27. The second-order valence-corrected chi connectivity index (χ2v) is 6.80. The Morgan fingerprint density at radius 2 is 2.35 bits per heavy atom. The molecule has 1 aliphatic carbocycles. The number of ketones is 1. The average Bonchev–Trinajstić information content (AvgIpc) is 2.91. The lowest BCUT2D eigenvalue weighted by molar-refractivity contribution is 0.103. The van der Waals surface area contributed by atoms with Gasteiger partial charge in [0.1, 0.15) is 0 Å². The van der Waals surface area contributed by atoms with Crippen molar-refractivity contribution in [1.29, 1.82) is 0 Å². The first-order chi connectivity index (χ1) is 9.56. The van der Waals surface area contributed by atoms with Crippen molar-refractivity contribution in [2.75, 3.05) is 0 Å². The molecule has 0 radical (unpaired) electrons. The molecule has 108 valence electrons. The van der Waals surface area contributed by atoms with Gasteiger partial charge in [-0.15, -0.1) is 11.3 Å². The van der Waals surface area contributed by atoms with E-state index in [4.69, 9.17) is 0 Å². The smallest absolute Gasteiger partial charge is 0.198 e. The number of hydrogen-bond donors (Lipinski definition) is 1. The fourth-order valence-electron chi connectivity index (χ4n) is 2.58. The van der Waals surface area contributed by atoms with E-state index in [1.54, 1.807) is 0 Å². The molecule has 3 heteroatoms. The molecule has 0 fully saturated rings. The van der Waals surface area contributed by atoms with Crippen molar-refractivity contribution in [3.63, 3.8) is 0 Å². The minimum Gasteiger partial charge on any atom is -0.386 e. The van der Waals surface area contributed by atoms with Crippen LogP contribution < -0.4 is 5.32 Å². The number of nitrogens with one attached hydrogen (secondary N) is 1. The lowest BCUT2D eigenvalue weighted by Crippen LogP contribution is -2.30. The van der Waals surface area contributed by atoms with Crippen LogP contribution in [0.1, 0.15) is 49.2 Å². The van der Waals surface area contributed by atoms with Crippen molar-refractivity contribution in [2.24, 2.45) is 5.92 Å². The number of thiophene rings is 1. The van der Waals surface area contributed by atoms with E-state index in [2.05, 4.69) is 31.8 Å². The topological polar surface area (TPSA) is 29.1 Å². The van der Waals surface area contributed by atoms with Crippen LogP contribution in [0, 0.1) is 5.92 Å². The van der Waals surface area contributed by atoms with E-state index >= 15 is 0 Å². The summed E-state index contributed by atoms with van der Waals surface area (Å²) in [7, 11) is 0. The Kier molecular flexibility index (Phi) is 5.18. The van der Waals surface area contributed by atoms with Crippen LogP contribution in [-0.4, -0.2) is 11.8 Å². The Labute approximate surface area is 125 Å². The van der Waals surface area contributed by atoms with Gasteiger partial charge in [-0.25, -0.2) is 0 Å². The molecular formula is C17H23NOS. The predicted octanol–water partition coefficient (Wildman–Crippen LogP) is 4.56. The molecule has 1 atom stereocenters. The molecule has 0 saturated heterocycles. The maximum absolute atomic E-state index is 12.2. The van der Waals surface area contributed by atoms with Crippen molar-refractivity contribution in [1.82, 2.24) is 5.32 Å². The van der Waals surface area contributed by atoms with Gasteiger partial charge >= 0.3 is 0 Å². The van der Waals surface area contributed by atoms with Crippen LogP contribution in [0.3, 0.4) is 0 Å². The Balaban J connectivity index is 1.87. The van der Waals surface area contributed by atoms with E-state index in [0.29, 0.717) is 12.0 Å². The molecule has 0 aliphatic heterocycles. The minimum absolute atomic E-state index is 0.208. The van der Waals surface area contributed by atoms with Crippen LogP contribution in [0.25, 0.3) is 0 Å². The van der Waals surface area contributed by atoms with Crippen molar-refractivity contribution in [3.8, 4) is 0 Å². The van der Waals surface area contributed by atoms with Crippen molar-refractivity contribution in [2.45, 2.75) is 45.6 Å². The monoisotopic (exact) mass is 289 g/mol. The Morgan fingerprint density at radius 1 is 1.55 bits per heavy atom. The van der Waals surface area contributed by atoms with Crippen LogP contribution in [0.4, 0.5) is 0 Å². The first-order valence-corrected chi connectivity index (χ1v) is 8.15. The van der Waals surface area contributed by atoms with E-state index in [1.807, 2.05) is 17.5 Å². The van der Waals surface area contributed by atoms with Crippen LogP contribution in [0.5, 0.6) is 0 Å². The van der Waals surface area contributed by atoms with Crippen molar-refractivity contribution < 1.29 is 4.79 Å². The van der Waals surface area contributed by atoms with E-state index in [1.165, 1.54) is 11.3 Å². The highest BCUT2D eigenvalue weighted by Crippen LogP contribution is 2.24. The molecule has 0 spiro atoms. The summed E-state index contributed by atoms with van der Waals surface area (Å²) in [6.45, 7) is 8.49. The fourth-order valence-corrected chi connectivity index (χ4v) is 3.28. The summed E-state index contributed by atoms with van der Waals surface area (Å²) in [5.41, 5.74) is 2.09. The summed E-state index contributed by atoms with van der Waals surface area (Å²) in [4.78, 5) is 13.1. The van der Waals surface area contributed by atoms with E-state index in [-0.39, 0.29) is 5.78 Å². The molecule has 0 aromatic carbocycles. The van der Waals surface area contributed by atoms with Gasteiger partial charge in [-0.1, -0.05) is 32.6 Å². The third-order valence-corrected chi connectivity index (χ3v) is 4.38. The van der Waals surface area contributed by atoms with Crippen molar-refractivity contribution >= 4 is 17.1 Å². The highest BCUT2D eigenvalue weighted by Gasteiger charge is 2.20. The molecule has 1 aromatic heterocycles. The van der Waals surface area contributed by atoms with E-state index in [9.17, 15) is 4.79 Å². The lowest BCUT2D eigenvalue weighted by Gasteiger charge is -2.25. The molecule has 1 heterocycles. The lowest BCUT2D eigenvalue weighted by atomic mass is 9.92. The minimum atomic E-state index is 0.208. The summed E-state index contributed by atoms with van der Waals surface area (Å²) < 4.78 is 0. The third kappa shape index (κ3) is 4.07. The Hall–Kier alpha value is -1.35. The summed E-state index contributed by atoms with van der Waals surface area (Å²) in [6.07, 6.45) is 5.92. The van der Waals surface area contributed by atoms with Gasteiger partial charge in [0.15, 0.2) is 5.78 Å². The van der Waals surface area contributed by atoms with E-state index in [0.717, 1.165) is 41.8 Å². The van der Waals surface area contributed by atoms with Gasteiger partial charge in [-0.05, 0) is 48.6 Å². The molecule has 1 unspecified atom stereocenters. The SMILES string of the molecule is C=C(CC(C)C)NC1CC=C(C(=O)c2cccs2)CC1. The maximum atomic E-state index is 12.2. The molecule has 1 aromatic rings. The third-order valence-electron chi connectivity index (χ3n) is 3.51. The Bertz CT molecular complexity index is 499. The maximum Gasteiger partial charge on any atom is 0.198 e. The standard InChI is InChI=1S/C17H23NOS/c1-12(2)11-13(3)18-15-8-6-14(7-9-15)17(19)16-5-4-10-20-16/h4-6,10,12,15,18H,3,7-9,11H2,1-2H3. The van der Waals surface area contributed by atoms with Gasteiger partial charge in [0.05, 0.1) is 4.88 Å². The number of allylic oxidation sites excluding steroid dienone is 2. The number of hydrogen-bond acceptors (Lipinski definition) is 3. The van der Waals surface area contributed by atoms with Crippen molar-refractivity contribution in [3.05, 3.63) is 46.3 Å². The summed E-state index contributed by atoms with van der Waals surface area (Å²) in [5, 5.41) is 5.45. The normalized spacial score (nSPS) is 18.8. The zero-order chi connectivity index (χ0) is 14.5. The highest BCUT2D eigenvalue weighted by molar-refractivity contribution is 7.12. The average molecular weight is 289 g/mol. The van der Waals surface area contributed by atoms with Crippen LogP contribution >= 0.6 is 11.3 Å². The van der Waals surface area contributed by atoms with Gasteiger partial charge < -0.3 is 5.32 Å². The summed E-state index contributed by atoms with van der Waals surface area (Å²) in [5.74, 6) is 0.838. The molecule has 2 nitrogen and oxygen atoms in total. The Morgan fingerprint density at radius 3 is 2.90 bits per heavy atom. The zero-order valence-electron chi connectivity index (χ0n) is 12.3. The predicted molar refractivity (Wildman–Crippen MR) is 86.1 cm³/mol. The fraction of sp³-hybridized carbons (Fsp3) is 0.471. The number of carbonyl (C=O) groups excluding carboxylic acids is 1. The van der Waals surface area contributed by atoms with Gasteiger partial charge in [-0.3, -0.25) is 4.79 Å². The van der Waals surface area contributed by atoms with Gasteiger partial charge in [-0.2, -0.15) is 0 Å². The zero-order valence-corrected chi connectivity index (χ0v) is 13.1. The molecule has 0 bridgehead atoms. The van der Waals surface area contributed by atoms with Crippen LogP contribution in [0.15, 0.2) is 41.4 Å². The van der Waals surface area contributed by atoms with Gasteiger partial charge in [0.25, 0.3) is 0 Å². The molecule has 0 saturated carbocycles. The summed E-state index contributed by atoms with van der Waals surface area (Å²) >= 11 is 1.52. The van der Waals surface area contributed by atoms with Gasteiger partial charge in [0, 0.05) is 11.7 Å². The molecule has 2 rings (SSSR count). The molecule has 1 N–H and O–H groups in total. The number of carbonyl (C=O) groups is 1. The number of rotatable bonds is 6. The first kappa shape index (κ1) is 15.0.